The molecule has 0 bridgehead atoms. The summed E-state index contributed by atoms with van der Waals surface area (Å²) in [6.07, 6.45) is 18.1. The van der Waals surface area contributed by atoms with E-state index in [4.69, 9.17) is 4.52 Å². The van der Waals surface area contributed by atoms with E-state index in [1.807, 2.05) is 0 Å². The Morgan fingerprint density at radius 1 is 0.652 bits per heavy atom. The van der Waals surface area contributed by atoms with Gasteiger partial charge in [0.1, 0.15) is 0 Å². The molecule has 0 spiro atoms. The highest BCUT2D eigenvalue weighted by atomic mass is 31.2. The Bertz CT molecular complexity index is 284. The molecule has 0 radical (unpaired) electrons. The van der Waals surface area contributed by atoms with E-state index in [2.05, 4.69) is 11.4 Å². The molecule has 0 aliphatic rings. The van der Waals surface area contributed by atoms with Crippen molar-refractivity contribution in [3.05, 3.63) is 0 Å². The van der Waals surface area contributed by atoms with E-state index in [9.17, 15) is 9.46 Å². The zero-order valence-corrected chi connectivity index (χ0v) is 16.3. The quantitative estimate of drug-likeness (QED) is 0.223. The highest BCUT2D eigenvalue weighted by molar-refractivity contribution is 7.47. The van der Waals surface area contributed by atoms with E-state index in [1.165, 1.54) is 77.0 Å². The van der Waals surface area contributed by atoms with Crippen LogP contribution in [0.15, 0.2) is 0 Å². The Labute approximate surface area is 144 Å². The molecule has 0 aliphatic heterocycles. The minimum atomic E-state index is -3.78. The molecule has 23 heavy (non-hydrogen) atoms. The summed E-state index contributed by atoms with van der Waals surface area (Å²) in [5.41, 5.74) is 0. The average molecular weight is 350 g/mol. The number of phosphoric ester groups is 1. The van der Waals surface area contributed by atoms with Gasteiger partial charge in [0.05, 0.1) is 13.2 Å². The molecule has 140 valence electrons. The second kappa shape index (κ2) is 17.0. The van der Waals surface area contributed by atoms with E-state index in [-0.39, 0.29) is 6.61 Å². The van der Waals surface area contributed by atoms with Gasteiger partial charge in [-0.2, -0.15) is 0 Å². The first-order valence-corrected chi connectivity index (χ1v) is 11.2. The van der Waals surface area contributed by atoms with E-state index >= 15 is 0 Å². The van der Waals surface area contributed by atoms with Gasteiger partial charge in [0.15, 0.2) is 0 Å². The molecule has 0 rings (SSSR count). The second-order valence-corrected chi connectivity index (χ2v) is 7.77. The summed E-state index contributed by atoms with van der Waals surface area (Å²) in [6, 6.07) is 0. The predicted octanol–water partition coefficient (Wildman–Crippen LogP) is 6.62. The van der Waals surface area contributed by atoms with Gasteiger partial charge in [0.25, 0.3) is 0 Å². The van der Waals surface area contributed by atoms with E-state index < -0.39 is 7.82 Å². The maximum Gasteiger partial charge on any atom is 0.472 e. The summed E-state index contributed by atoms with van der Waals surface area (Å²) in [5.74, 6) is 0. The Morgan fingerprint density at radius 3 is 1.43 bits per heavy atom. The summed E-state index contributed by atoms with van der Waals surface area (Å²) < 4.78 is 20.8. The lowest BCUT2D eigenvalue weighted by atomic mass is 10.0. The fourth-order valence-corrected chi connectivity index (χ4v) is 3.44. The van der Waals surface area contributed by atoms with Crippen molar-refractivity contribution in [1.82, 2.24) is 0 Å². The molecule has 0 aromatic carbocycles. The molecule has 1 unspecified atom stereocenters. The van der Waals surface area contributed by atoms with Crippen molar-refractivity contribution in [1.29, 1.82) is 0 Å². The van der Waals surface area contributed by atoms with E-state index in [1.54, 1.807) is 6.92 Å². The third kappa shape index (κ3) is 18.3. The summed E-state index contributed by atoms with van der Waals surface area (Å²) in [4.78, 5) is 9.23. The third-order valence-corrected chi connectivity index (χ3v) is 5.14. The summed E-state index contributed by atoms with van der Waals surface area (Å²) in [6.45, 7) is 4.45. The van der Waals surface area contributed by atoms with Crippen LogP contribution in [-0.2, 0) is 13.6 Å². The molecule has 1 N–H and O–H groups in total. The summed E-state index contributed by atoms with van der Waals surface area (Å²) >= 11 is 0. The van der Waals surface area contributed by atoms with Crippen LogP contribution in [0.5, 0.6) is 0 Å². The van der Waals surface area contributed by atoms with E-state index in [0.29, 0.717) is 6.61 Å². The number of hydrogen-bond donors (Lipinski definition) is 1. The Hall–Kier alpha value is 0.110. The lowest BCUT2D eigenvalue weighted by molar-refractivity contribution is 0.153. The summed E-state index contributed by atoms with van der Waals surface area (Å²) in [7, 11) is -3.78. The van der Waals surface area contributed by atoms with Gasteiger partial charge >= 0.3 is 7.82 Å². The first-order valence-electron chi connectivity index (χ1n) is 9.74. The van der Waals surface area contributed by atoms with Crippen LogP contribution in [-0.4, -0.2) is 18.1 Å². The van der Waals surface area contributed by atoms with Crippen molar-refractivity contribution in [3.63, 3.8) is 0 Å². The lowest BCUT2D eigenvalue weighted by Gasteiger charge is -2.10. The topological polar surface area (TPSA) is 55.8 Å². The van der Waals surface area contributed by atoms with Crippen LogP contribution in [0.2, 0.25) is 0 Å². The van der Waals surface area contributed by atoms with Gasteiger partial charge in [-0.15, -0.1) is 0 Å². The first-order chi connectivity index (χ1) is 11.1. The Morgan fingerprint density at radius 2 is 1.04 bits per heavy atom. The molecule has 0 aromatic rings. The van der Waals surface area contributed by atoms with Gasteiger partial charge in [-0.3, -0.25) is 9.05 Å². The van der Waals surface area contributed by atoms with Gasteiger partial charge in [-0.05, 0) is 13.3 Å². The van der Waals surface area contributed by atoms with Gasteiger partial charge in [0, 0.05) is 0 Å². The van der Waals surface area contributed by atoms with Crippen molar-refractivity contribution in [2.45, 2.75) is 104 Å². The molecular formula is C18H39O4P. The fourth-order valence-electron chi connectivity index (χ4n) is 2.68. The van der Waals surface area contributed by atoms with Crippen LogP contribution in [0.1, 0.15) is 104 Å². The van der Waals surface area contributed by atoms with Crippen molar-refractivity contribution in [2.24, 2.45) is 0 Å². The first kappa shape index (κ1) is 23.1. The van der Waals surface area contributed by atoms with Crippen LogP contribution in [0.25, 0.3) is 0 Å². The fraction of sp³-hybridized carbons (Fsp3) is 1.00. The smallest absolute Gasteiger partial charge is 0.302 e. The lowest BCUT2D eigenvalue weighted by Crippen LogP contribution is -1.96. The van der Waals surface area contributed by atoms with Crippen molar-refractivity contribution >= 4 is 7.82 Å². The second-order valence-electron chi connectivity index (χ2n) is 6.32. The standard InChI is InChI=1S/C18H39O4P/c1-3-5-6-7-8-9-10-11-12-13-14-15-16-17-18-22-23(19,20)21-4-2/h3-18H2,1-2H3,(H,19,20). The van der Waals surface area contributed by atoms with Gasteiger partial charge in [-0.1, -0.05) is 90.4 Å². The van der Waals surface area contributed by atoms with Crippen LogP contribution in [0.4, 0.5) is 0 Å². The highest BCUT2D eigenvalue weighted by Crippen LogP contribution is 2.42. The highest BCUT2D eigenvalue weighted by Gasteiger charge is 2.18. The van der Waals surface area contributed by atoms with Crippen LogP contribution in [0, 0.1) is 0 Å². The average Bonchev–Trinajstić information content (AvgIpc) is 2.51. The SMILES string of the molecule is CCCCCCCCCCCCCCCCOP(=O)(O)OCC. The van der Waals surface area contributed by atoms with Crippen molar-refractivity contribution in [3.8, 4) is 0 Å². The number of rotatable bonds is 18. The maximum atomic E-state index is 11.3. The molecule has 0 aromatic heterocycles. The Kier molecular flexibility index (Phi) is 17.0. The summed E-state index contributed by atoms with van der Waals surface area (Å²) in [5, 5.41) is 0. The Balaban J connectivity index is 3.12. The third-order valence-electron chi connectivity index (χ3n) is 4.04. The van der Waals surface area contributed by atoms with Crippen LogP contribution in [0.3, 0.4) is 0 Å². The molecule has 4 nitrogen and oxygen atoms in total. The number of hydrogen-bond acceptors (Lipinski definition) is 3. The minimum Gasteiger partial charge on any atom is -0.302 e. The largest absolute Gasteiger partial charge is 0.472 e. The molecular weight excluding hydrogens is 311 g/mol. The number of unbranched alkanes of at least 4 members (excludes halogenated alkanes) is 13. The maximum absolute atomic E-state index is 11.3. The molecule has 0 saturated carbocycles. The monoisotopic (exact) mass is 350 g/mol. The normalized spacial score (nSPS) is 14.0. The molecule has 1 atom stereocenters. The van der Waals surface area contributed by atoms with Crippen LogP contribution < -0.4 is 0 Å². The predicted molar refractivity (Wildman–Crippen MR) is 97.7 cm³/mol. The van der Waals surface area contributed by atoms with Gasteiger partial charge < -0.3 is 4.89 Å². The molecule has 0 heterocycles. The van der Waals surface area contributed by atoms with Crippen molar-refractivity contribution in [2.75, 3.05) is 13.2 Å². The number of phosphoric acid groups is 1. The van der Waals surface area contributed by atoms with Gasteiger partial charge in [-0.25, -0.2) is 4.57 Å². The van der Waals surface area contributed by atoms with Gasteiger partial charge in [0.2, 0.25) is 0 Å². The van der Waals surface area contributed by atoms with E-state index in [0.717, 1.165) is 12.8 Å². The molecule has 0 aliphatic carbocycles. The molecule has 5 heteroatoms. The van der Waals surface area contributed by atoms with Crippen molar-refractivity contribution < 1.29 is 18.5 Å². The molecule has 0 amide bonds. The molecule has 0 fully saturated rings. The minimum absolute atomic E-state index is 0.201. The van der Waals surface area contributed by atoms with Crippen LogP contribution >= 0.6 is 7.82 Å². The zero-order valence-electron chi connectivity index (χ0n) is 15.4. The zero-order chi connectivity index (χ0) is 17.2. The molecule has 0 saturated heterocycles.